The number of nitrogens with zero attached hydrogens (tertiary/aromatic N) is 2. The average Bonchev–Trinajstić information content (AvgIpc) is 3.05. The lowest BCUT2D eigenvalue weighted by Gasteiger charge is -2.29. The Kier molecular flexibility index (Phi) is 4.57. The molecule has 0 spiro atoms. The van der Waals surface area contributed by atoms with E-state index in [1.165, 1.54) is 12.8 Å². The van der Waals surface area contributed by atoms with Crippen molar-refractivity contribution in [3.05, 3.63) is 11.7 Å². The normalized spacial score (nSPS) is 29.4. The van der Waals surface area contributed by atoms with Crippen molar-refractivity contribution in [2.24, 2.45) is 5.73 Å². The van der Waals surface area contributed by atoms with Gasteiger partial charge in [0.2, 0.25) is 11.7 Å². The molecule has 3 rings (SSSR count). The zero-order valence-corrected chi connectivity index (χ0v) is 12.7. The maximum absolute atomic E-state index is 6.09. The van der Waals surface area contributed by atoms with Gasteiger partial charge in [-0.05, 0) is 19.8 Å². The van der Waals surface area contributed by atoms with Gasteiger partial charge in [0.25, 0.3) is 0 Å². The van der Waals surface area contributed by atoms with Crippen LogP contribution in [0.2, 0.25) is 0 Å². The first-order valence-corrected chi connectivity index (χ1v) is 8.06. The van der Waals surface area contributed by atoms with Crippen molar-refractivity contribution in [1.29, 1.82) is 0 Å². The van der Waals surface area contributed by atoms with Gasteiger partial charge in [0.05, 0.1) is 19.1 Å². The van der Waals surface area contributed by atoms with E-state index in [9.17, 15) is 0 Å². The maximum Gasteiger partial charge on any atom is 0.233 e. The predicted octanol–water partition coefficient (Wildman–Crippen LogP) is 2.10. The van der Waals surface area contributed by atoms with Crippen molar-refractivity contribution in [3.8, 4) is 0 Å². The molecule has 1 aliphatic carbocycles. The van der Waals surface area contributed by atoms with Crippen molar-refractivity contribution < 1.29 is 14.0 Å². The molecule has 0 radical (unpaired) electrons. The molecule has 1 aromatic heterocycles. The molecule has 6 heteroatoms. The summed E-state index contributed by atoms with van der Waals surface area (Å²) in [4.78, 5) is 4.64. The van der Waals surface area contributed by atoms with Gasteiger partial charge in [0, 0.05) is 12.6 Å². The lowest BCUT2D eigenvalue weighted by Crippen LogP contribution is -2.31. The monoisotopic (exact) mass is 295 g/mol. The smallest absolute Gasteiger partial charge is 0.233 e. The minimum Gasteiger partial charge on any atom is -0.379 e. The molecule has 0 amide bonds. The Morgan fingerprint density at radius 3 is 2.62 bits per heavy atom. The molecule has 21 heavy (non-hydrogen) atoms. The molecular weight excluding hydrogens is 270 g/mol. The highest BCUT2D eigenvalue weighted by Crippen LogP contribution is 2.38. The van der Waals surface area contributed by atoms with Crippen LogP contribution in [0.1, 0.15) is 63.1 Å². The van der Waals surface area contributed by atoms with Gasteiger partial charge in [-0.3, -0.25) is 0 Å². The largest absolute Gasteiger partial charge is 0.379 e. The molecule has 2 heterocycles. The summed E-state index contributed by atoms with van der Waals surface area (Å²) >= 11 is 0. The summed E-state index contributed by atoms with van der Waals surface area (Å²) in [5, 5.41) is 4.23. The Bertz CT molecular complexity index is 455. The van der Waals surface area contributed by atoms with Crippen LogP contribution >= 0.6 is 0 Å². The summed E-state index contributed by atoms with van der Waals surface area (Å²) in [6.45, 7) is 3.80. The third-order valence-electron chi connectivity index (χ3n) is 4.62. The molecule has 1 saturated carbocycles. The van der Waals surface area contributed by atoms with Crippen molar-refractivity contribution >= 4 is 0 Å². The van der Waals surface area contributed by atoms with Gasteiger partial charge in [-0.2, -0.15) is 4.98 Å². The minimum absolute atomic E-state index is 0.00991. The van der Waals surface area contributed by atoms with Gasteiger partial charge in [0.15, 0.2) is 0 Å². The number of nitrogens with two attached hydrogens (primary N) is 1. The van der Waals surface area contributed by atoms with Crippen molar-refractivity contribution in [3.63, 3.8) is 0 Å². The lowest BCUT2D eigenvalue weighted by atomic mass is 9.93. The molecule has 2 aliphatic rings. The molecule has 6 nitrogen and oxygen atoms in total. The summed E-state index contributed by atoms with van der Waals surface area (Å²) in [5.41, 5.74) is 5.65. The Morgan fingerprint density at radius 1 is 1.24 bits per heavy atom. The van der Waals surface area contributed by atoms with E-state index in [0.717, 1.165) is 25.7 Å². The Labute approximate surface area is 125 Å². The highest BCUT2D eigenvalue weighted by molar-refractivity contribution is 5.07. The quantitative estimate of drug-likeness (QED) is 0.856. The molecule has 2 unspecified atom stereocenters. The third kappa shape index (κ3) is 2.98. The molecule has 1 saturated heterocycles. The fourth-order valence-corrected chi connectivity index (χ4v) is 3.40. The highest BCUT2D eigenvalue weighted by Gasteiger charge is 2.40. The number of rotatable bonds is 4. The summed E-state index contributed by atoms with van der Waals surface area (Å²) in [5.74, 6) is 1.30. The SMILES string of the molecule is CCOC1(c2noc(C3COCC3N)n2)CCCCCC1. The molecular formula is C15H25N3O3. The molecule has 0 aromatic carbocycles. The van der Waals surface area contributed by atoms with Gasteiger partial charge < -0.3 is 19.7 Å². The van der Waals surface area contributed by atoms with Gasteiger partial charge in [-0.25, -0.2) is 0 Å². The average molecular weight is 295 g/mol. The van der Waals surface area contributed by atoms with Crippen LogP contribution in [0.15, 0.2) is 4.52 Å². The van der Waals surface area contributed by atoms with E-state index in [1.54, 1.807) is 0 Å². The van der Waals surface area contributed by atoms with Crippen molar-refractivity contribution in [2.45, 2.75) is 63.0 Å². The summed E-state index contributed by atoms with van der Waals surface area (Å²) in [6.07, 6.45) is 6.73. The molecule has 1 aromatic rings. The van der Waals surface area contributed by atoms with Crippen LogP contribution in [0.25, 0.3) is 0 Å². The number of ether oxygens (including phenoxy) is 2. The van der Waals surface area contributed by atoms with Crippen LogP contribution in [0.5, 0.6) is 0 Å². The van der Waals surface area contributed by atoms with E-state index in [4.69, 9.17) is 19.7 Å². The van der Waals surface area contributed by atoms with Crippen molar-refractivity contribution in [2.75, 3.05) is 19.8 Å². The number of hydrogen-bond donors (Lipinski definition) is 1. The van der Waals surface area contributed by atoms with Crippen LogP contribution < -0.4 is 5.73 Å². The number of hydrogen-bond acceptors (Lipinski definition) is 6. The second-order valence-electron chi connectivity index (χ2n) is 6.11. The summed E-state index contributed by atoms with van der Waals surface area (Å²) < 4.78 is 17.0. The summed E-state index contributed by atoms with van der Waals surface area (Å²) in [6, 6.07) is -0.0597. The molecule has 2 N–H and O–H groups in total. The van der Waals surface area contributed by atoms with E-state index >= 15 is 0 Å². The first-order chi connectivity index (χ1) is 10.2. The Morgan fingerprint density at radius 2 is 2.00 bits per heavy atom. The third-order valence-corrected chi connectivity index (χ3v) is 4.62. The van der Waals surface area contributed by atoms with Crippen molar-refractivity contribution in [1.82, 2.24) is 10.1 Å². The van der Waals surface area contributed by atoms with Gasteiger partial charge in [0.1, 0.15) is 5.60 Å². The zero-order valence-electron chi connectivity index (χ0n) is 12.7. The standard InChI is InChI=1S/C15H25N3O3/c1-2-20-15(7-5-3-4-6-8-15)14-17-13(21-18-14)11-9-19-10-12(11)16/h11-12H,2-10,16H2,1H3. The molecule has 2 fully saturated rings. The van der Waals surface area contributed by atoms with Gasteiger partial charge >= 0.3 is 0 Å². The summed E-state index contributed by atoms with van der Waals surface area (Å²) in [7, 11) is 0. The van der Waals surface area contributed by atoms with E-state index in [2.05, 4.69) is 10.1 Å². The van der Waals surface area contributed by atoms with E-state index in [-0.39, 0.29) is 17.6 Å². The van der Waals surface area contributed by atoms with E-state index in [1.807, 2.05) is 6.92 Å². The van der Waals surface area contributed by atoms with Crippen LogP contribution in [-0.2, 0) is 15.1 Å². The van der Waals surface area contributed by atoms with Crippen LogP contribution in [-0.4, -0.2) is 36.0 Å². The fraction of sp³-hybridized carbons (Fsp3) is 0.867. The van der Waals surface area contributed by atoms with Crippen LogP contribution in [0.3, 0.4) is 0 Å². The van der Waals surface area contributed by atoms with Gasteiger partial charge in [-0.15, -0.1) is 0 Å². The predicted molar refractivity (Wildman–Crippen MR) is 76.8 cm³/mol. The second-order valence-corrected chi connectivity index (χ2v) is 6.11. The van der Waals surface area contributed by atoms with Crippen LogP contribution in [0, 0.1) is 0 Å². The van der Waals surface area contributed by atoms with Crippen LogP contribution in [0.4, 0.5) is 0 Å². The first-order valence-electron chi connectivity index (χ1n) is 8.06. The first kappa shape index (κ1) is 14.9. The molecule has 1 aliphatic heterocycles. The number of aromatic nitrogens is 2. The lowest BCUT2D eigenvalue weighted by molar-refractivity contribution is -0.0636. The molecule has 2 atom stereocenters. The molecule has 118 valence electrons. The molecule has 0 bridgehead atoms. The Hall–Kier alpha value is -0.980. The Balaban J connectivity index is 1.84. The van der Waals surface area contributed by atoms with Gasteiger partial charge in [-0.1, -0.05) is 30.8 Å². The zero-order chi connectivity index (χ0) is 14.7. The highest BCUT2D eigenvalue weighted by atomic mass is 16.5. The van der Waals surface area contributed by atoms with E-state index < -0.39 is 0 Å². The fourth-order valence-electron chi connectivity index (χ4n) is 3.40. The minimum atomic E-state index is -0.378. The van der Waals surface area contributed by atoms with E-state index in [0.29, 0.717) is 31.5 Å². The topological polar surface area (TPSA) is 83.4 Å². The second kappa shape index (κ2) is 6.42. The maximum atomic E-state index is 6.09.